The molecule has 0 fully saturated rings. The molecule has 0 saturated carbocycles. The Kier molecular flexibility index (Phi) is 9.45. The molecule has 4 aromatic rings. The first kappa shape index (κ1) is 29.9. The minimum absolute atomic E-state index is 0.183. The van der Waals surface area contributed by atoms with Crippen LogP contribution >= 0.6 is 24.0 Å². The highest BCUT2D eigenvalue weighted by molar-refractivity contribution is 8.12. The minimum Gasteiger partial charge on any atom is -0.494 e. The summed E-state index contributed by atoms with van der Waals surface area (Å²) in [5.41, 5.74) is 4.52. The van der Waals surface area contributed by atoms with Gasteiger partial charge in [0.1, 0.15) is 5.56 Å². The van der Waals surface area contributed by atoms with Crippen molar-refractivity contribution in [2.45, 2.75) is 20.0 Å². The maximum absolute atomic E-state index is 14.0. The number of thioether (sulfide) groups is 1. The average Bonchev–Trinajstić information content (AvgIpc) is 3.38. The largest absolute Gasteiger partial charge is 0.494 e. The van der Waals surface area contributed by atoms with Crippen molar-refractivity contribution in [3.8, 4) is 5.88 Å². The fourth-order valence-electron chi connectivity index (χ4n) is 5.09. The lowest BCUT2D eigenvalue weighted by atomic mass is 10.0. The summed E-state index contributed by atoms with van der Waals surface area (Å²) in [5.74, 6) is -0.184. The molecule has 1 N–H and O–H groups in total. The van der Waals surface area contributed by atoms with Gasteiger partial charge in [0.25, 0.3) is 5.56 Å². The minimum atomic E-state index is -0.345. The molecule has 43 heavy (non-hydrogen) atoms. The molecule has 2 heterocycles. The number of aromatic hydroxyl groups is 1. The Bertz CT molecular complexity index is 1850. The molecule has 0 unspecified atom stereocenters. The van der Waals surface area contributed by atoms with E-state index in [4.69, 9.17) is 12.2 Å². The predicted octanol–water partition coefficient (Wildman–Crippen LogP) is 8.43. The molecule has 216 valence electrons. The van der Waals surface area contributed by atoms with Crippen molar-refractivity contribution in [2.24, 2.45) is 0 Å². The van der Waals surface area contributed by atoms with Crippen LogP contribution in [0.5, 0.6) is 5.88 Å². The maximum atomic E-state index is 14.0. The van der Waals surface area contributed by atoms with Crippen LogP contribution in [0.15, 0.2) is 132 Å². The first-order chi connectivity index (χ1) is 21.0. The number of benzene rings is 3. The lowest BCUT2D eigenvalue weighted by Crippen LogP contribution is -2.28. The number of hydrogen-bond acceptors (Lipinski definition) is 5. The fraction of sp³-hybridized carbons (Fsp3) is 0.111. The molecule has 0 bridgehead atoms. The Hall–Kier alpha value is -4.59. The number of aromatic nitrogens is 2. The van der Waals surface area contributed by atoms with E-state index >= 15 is 0 Å². The number of nitrogens with zero attached hydrogens (tertiary/aromatic N) is 3. The fourth-order valence-corrected chi connectivity index (χ4v) is 6.71. The summed E-state index contributed by atoms with van der Waals surface area (Å²) in [7, 11) is 0. The van der Waals surface area contributed by atoms with E-state index < -0.39 is 0 Å². The first-order valence-electron chi connectivity index (χ1n) is 14.1. The monoisotopic (exact) mass is 603 g/mol. The van der Waals surface area contributed by atoms with Crippen LogP contribution in [-0.4, -0.2) is 25.7 Å². The molecule has 5 nitrogen and oxygen atoms in total. The topological polar surface area (TPSA) is 50.4 Å². The van der Waals surface area contributed by atoms with Crippen LogP contribution in [-0.2, 0) is 13.1 Å². The van der Waals surface area contributed by atoms with Crippen molar-refractivity contribution in [2.75, 3.05) is 6.54 Å². The van der Waals surface area contributed by atoms with Crippen LogP contribution in [0.3, 0.4) is 0 Å². The van der Waals surface area contributed by atoms with Crippen molar-refractivity contribution >= 4 is 46.2 Å². The third-order valence-electron chi connectivity index (χ3n) is 7.07. The Morgan fingerprint density at radius 3 is 2.02 bits per heavy atom. The smallest absolute Gasteiger partial charge is 0.266 e. The Morgan fingerprint density at radius 2 is 1.44 bits per heavy atom. The van der Waals surface area contributed by atoms with Gasteiger partial charge < -0.3 is 10.0 Å². The average molecular weight is 604 g/mol. The zero-order chi connectivity index (χ0) is 30.3. The van der Waals surface area contributed by atoms with E-state index in [0.29, 0.717) is 18.7 Å². The number of allylic oxidation sites excluding steroid dienone is 3. The van der Waals surface area contributed by atoms with E-state index in [1.165, 1.54) is 4.57 Å². The van der Waals surface area contributed by atoms with Crippen molar-refractivity contribution in [3.63, 3.8) is 0 Å². The quantitative estimate of drug-likeness (QED) is 0.146. The summed E-state index contributed by atoms with van der Waals surface area (Å²) in [6, 6.07) is 30.3. The second kappa shape index (κ2) is 13.6. The molecular weight excluding hydrogens is 571 g/mol. The summed E-state index contributed by atoms with van der Waals surface area (Å²) < 4.78 is 3.31. The van der Waals surface area contributed by atoms with Crippen molar-refractivity contribution < 1.29 is 5.11 Å². The number of rotatable bonds is 10. The summed E-state index contributed by atoms with van der Waals surface area (Å²) >= 11 is 7.23. The molecule has 0 radical (unpaired) electrons. The van der Waals surface area contributed by atoms with Gasteiger partial charge >= 0.3 is 0 Å². The van der Waals surface area contributed by atoms with Gasteiger partial charge in [0, 0.05) is 24.5 Å². The van der Waals surface area contributed by atoms with Gasteiger partial charge in [-0.25, -0.2) is 0 Å². The van der Waals surface area contributed by atoms with Crippen molar-refractivity contribution in [1.29, 1.82) is 0 Å². The SMILES string of the molecule is C=CCN1C(=CC(=Cc2ccccc2)c2c(O)n(CC=C)c(=S)n(CC)c2=O)SC(c2ccccc2)=C1c1ccccc1. The Balaban J connectivity index is 1.79. The lowest BCUT2D eigenvalue weighted by molar-refractivity contribution is 0.404. The Labute approximate surface area is 261 Å². The second-order valence-electron chi connectivity index (χ2n) is 9.83. The van der Waals surface area contributed by atoms with Crippen LogP contribution in [0.4, 0.5) is 0 Å². The zero-order valence-corrected chi connectivity index (χ0v) is 25.7. The lowest BCUT2D eigenvalue weighted by Gasteiger charge is -2.23. The third-order valence-corrected chi connectivity index (χ3v) is 8.69. The van der Waals surface area contributed by atoms with E-state index in [1.54, 1.807) is 22.4 Å². The second-order valence-corrected chi connectivity index (χ2v) is 11.2. The summed E-state index contributed by atoms with van der Waals surface area (Å²) in [6.45, 7) is 10.9. The highest BCUT2D eigenvalue weighted by Gasteiger charge is 2.30. The van der Waals surface area contributed by atoms with Gasteiger partial charge in [0.05, 0.1) is 10.7 Å². The van der Waals surface area contributed by atoms with E-state index in [9.17, 15) is 9.90 Å². The van der Waals surface area contributed by atoms with Gasteiger partial charge in [-0.3, -0.25) is 13.9 Å². The van der Waals surface area contributed by atoms with Crippen molar-refractivity contribution in [1.82, 2.24) is 14.0 Å². The molecule has 0 amide bonds. The molecule has 0 aliphatic carbocycles. The third kappa shape index (κ3) is 6.14. The number of hydrogen-bond donors (Lipinski definition) is 1. The van der Waals surface area contributed by atoms with Crippen molar-refractivity contribution in [3.05, 3.63) is 165 Å². The van der Waals surface area contributed by atoms with Gasteiger partial charge in [-0.05, 0) is 53.6 Å². The summed E-state index contributed by atoms with van der Waals surface area (Å²) in [5, 5.41) is 12.5. The molecule has 0 spiro atoms. The van der Waals surface area contributed by atoms with E-state index in [0.717, 1.165) is 32.3 Å². The molecular formula is C36H33N3O2S2. The first-order valence-corrected chi connectivity index (χ1v) is 15.3. The highest BCUT2D eigenvalue weighted by Crippen LogP contribution is 2.51. The van der Waals surface area contributed by atoms with E-state index in [1.807, 2.05) is 91.9 Å². The highest BCUT2D eigenvalue weighted by atomic mass is 32.2. The van der Waals surface area contributed by atoms with E-state index in [2.05, 4.69) is 42.3 Å². The molecule has 1 aliphatic rings. The summed E-state index contributed by atoms with van der Waals surface area (Å²) in [6.07, 6.45) is 7.44. The van der Waals surface area contributed by atoms with Crippen LogP contribution in [0, 0.1) is 4.77 Å². The molecule has 0 saturated heterocycles. The van der Waals surface area contributed by atoms with Crippen LogP contribution in [0.2, 0.25) is 0 Å². The molecule has 3 aromatic carbocycles. The normalized spacial score (nSPS) is 14.4. The summed E-state index contributed by atoms with van der Waals surface area (Å²) in [4.78, 5) is 17.3. The molecule has 7 heteroatoms. The molecule has 5 rings (SSSR count). The maximum Gasteiger partial charge on any atom is 0.266 e. The van der Waals surface area contributed by atoms with E-state index in [-0.39, 0.29) is 28.3 Å². The Morgan fingerprint density at radius 1 is 0.860 bits per heavy atom. The van der Waals surface area contributed by atoms with Gasteiger partial charge in [0.15, 0.2) is 4.77 Å². The van der Waals surface area contributed by atoms with Gasteiger partial charge in [-0.1, -0.05) is 115 Å². The van der Waals surface area contributed by atoms with Gasteiger partial charge in [-0.2, -0.15) is 0 Å². The van der Waals surface area contributed by atoms with Gasteiger partial charge in [0.2, 0.25) is 5.88 Å². The molecule has 1 aliphatic heterocycles. The standard InChI is InChI=1S/C36H33N3O2S2/c1-4-22-38-30(43-33(28-20-14-9-15-21-28)32(38)27-18-12-8-13-19-27)25-29(24-26-16-10-7-11-17-26)31-34(40)37(6-3)36(42)39(23-5-2)35(31)41/h4-5,7-21,24-25,41H,1-2,6,22-23H2,3H3. The van der Waals surface area contributed by atoms with Crippen LogP contribution in [0.25, 0.3) is 22.3 Å². The zero-order valence-electron chi connectivity index (χ0n) is 24.0. The van der Waals surface area contributed by atoms with Crippen LogP contribution < -0.4 is 5.56 Å². The predicted molar refractivity (Wildman–Crippen MR) is 184 cm³/mol. The molecule has 0 atom stereocenters. The van der Waals surface area contributed by atoms with Gasteiger partial charge in [-0.15, -0.1) is 13.2 Å². The molecule has 1 aromatic heterocycles. The van der Waals surface area contributed by atoms with Crippen LogP contribution in [0.1, 0.15) is 29.2 Å².